The summed E-state index contributed by atoms with van der Waals surface area (Å²) in [7, 11) is 0. The molecule has 27 heavy (non-hydrogen) atoms. The highest BCUT2D eigenvalue weighted by atomic mass is 19.3. The molecule has 0 atom stereocenters. The predicted molar refractivity (Wildman–Crippen MR) is 94.1 cm³/mol. The number of piperidine rings is 1. The number of morpholine rings is 1. The number of alkyl halides is 2. The SMILES string of the molecule is O=C(COc1ccc(NC(=O)N2CCC(F)(F)CC2)cc1)N1CCOCC1. The van der Waals surface area contributed by atoms with Gasteiger partial charge < -0.3 is 24.6 Å². The molecular weight excluding hydrogens is 360 g/mol. The standard InChI is InChI=1S/C18H23F2N3O4/c19-18(20)5-7-23(8-6-18)17(25)21-14-1-3-15(4-2-14)27-13-16(24)22-9-11-26-12-10-22/h1-4H,5-13H2,(H,21,25). The minimum absolute atomic E-state index is 0.0314. The average molecular weight is 383 g/mol. The fraction of sp³-hybridized carbons (Fsp3) is 0.556. The molecule has 0 unspecified atom stereocenters. The molecule has 2 heterocycles. The van der Waals surface area contributed by atoms with Crippen molar-refractivity contribution in [1.82, 2.24) is 9.80 Å². The number of rotatable bonds is 4. The van der Waals surface area contributed by atoms with Gasteiger partial charge in [0.15, 0.2) is 6.61 Å². The fourth-order valence-corrected chi connectivity index (χ4v) is 2.92. The van der Waals surface area contributed by atoms with E-state index in [-0.39, 0.29) is 38.4 Å². The molecule has 0 saturated carbocycles. The molecule has 0 radical (unpaired) electrons. The third-order valence-corrected chi connectivity index (χ3v) is 4.61. The van der Waals surface area contributed by atoms with Gasteiger partial charge in [-0.25, -0.2) is 13.6 Å². The number of urea groups is 1. The molecular formula is C18H23F2N3O4. The zero-order valence-electron chi connectivity index (χ0n) is 15.0. The Kier molecular flexibility index (Phi) is 6.10. The van der Waals surface area contributed by atoms with Gasteiger partial charge in [0.25, 0.3) is 11.8 Å². The normalized spacial score (nSPS) is 19.5. The Morgan fingerprint density at radius 2 is 1.67 bits per heavy atom. The zero-order chi connectivity index (χ0) is 19.3. The average Bonchev–Trinajstić information content (AvgIpc) is 2.67. The Hall–Kier alpha value is -2.42. The molecule has 2 fully saturated rings. The van der Waals surface area contributed by atoms with Crippen LogP contribution in [0, 0.1) is 0 Å². The summed E-state index contributed by atoms with van der Waals surface area (Å²) in [6.45, 7) is 2.20. The third kappa shape index (κ3) is 5.53. The van der Waals surface area contributed by atoms with Crippen LogP contribution in [0.15, 0.2) is 24.3 Å². The van der Waals surface area contributed by atoms with Crippen LogP contribution >= 0.6 is 0 Å². The van der Waals surface area contributed by atoms with Crippen LogP contribution in [0.25, 0.3) is 0 Å². The van der Waals surface area contributed by atoms with Gasteiger partial charge in [0, 0.05) is 44.7 Å². The second kappa shape index (κ2) is 8.51. The van der Waals surface area contributed by atoms with Crippen molar-refractivity contribution in [3.8, 4) is 5.75 Å². The Morgan fingerprint density at radius 3 is 2.30 bits per heavy atom. The first-order chi connectivity index (χ1) is 12.9. The summed E-state index contributed by atoms with van der Waals surface area (Å²) in [5.74, 6) is -2.28. The molecule has 3 amide bonds. The van der Waals surface area contributed by atoms with Gasteiger partial charge in [0.05, 0.1) is 13.2 Å². The number of benzene rings is 1. The van der Waals surface area contributed by atoms with E-state index in [1.165, 1.54) is 4.90 Å². The molecule has 3 rings (SSSR count). The smallest absolute Gasteiger partial charge is 0.321 e. The summed E-state index contributed by atoms with van der Waals surface area (Å²) in [5, 5.41) is 2.68. The summed E-state index contributed by atoms with van der Waals surface area (Å²) in [4.78, 5) is 27.2. The van der Waals surface area contributed by atoms with Crippen LogP contribution in [0.4, 0.5) is 19.3 Å². The maximum absolute atomic E-state index is 13.2. The number of likely N-dealkylation sites (tertiary alicyclic amines) is 1. The maximum Gasteiger partial charge on any atom is 0.321 e. The van der Waals surface area contributed by atoms with Gasteiger partial charge in [0.1, 0.15) is 5.75 Å². The third-order valence-electron chi connectivity index (χ3n) is 4.61. The van der Waals surface area contributed by atoms with E-state index in [9.17, 15) is 18.4 Å². The number of carbonyl (C=O) groups excluding carboxylic acids is 2. The molecule has 9 heteroatoms. The summed E-state index contributed by atoms with van der Waals surface area (Å²) in [5.41, 5.74) is 0.532. The van der Waals surface area contributed by atoms with Gasteiger partial charge in [-0.3, -0.25) is 4.79 Å². The number of carbonyl (C=O) groups is 2. The summed E-state index contributed by atoms with van der Waals surface area (Å²) in [6.07, 6.45) is -0.630. The van der Waals surface area contributed by atoms with Crippen LogP contribution in [-0.2, 0) is 9.53 Å². The van der Waals surface area contributed by atoms with E-state index >= 15 is 0 Å². The van der Waals surface area contributed by atoms with Gasteiger partial charge in [-0.2, -0.15) is 0 Å². The van der Waals surface area contributed by atoms with E-state index < -0.39 is 12.0 Å². The van der Waals surface area contributed by atoms with E-state index in [4.69, 9.17) is 9.47 Å². The Bertz CT molecular complexity index is 653. The van der Waals surface area contributed by atoms with Crippen molar-refractivity contribution >= 4 is 17.6 Å². The number of ether oxygens (including phenoxy) is 2. The predicted octanol–water partition coefficient (Wildman–Crippen LogP) is 2.19. The summed E-state index contributed by atoms with van der Waals surface area (Å²) >= 11 is 0. The van der Waals surface area contributed by atoms with E-state index in [0.717, 1.165) is 0 Å². The van der Waals surface area contributed by atoms with Gasteiger partial charge in [-0.1, -0.05) is 0 Å². The number of halogens is 2. The quantitative estimate of drug-likeness (QED) is 0.865. The highest BCUT2D eigenvalue weighted by Crippen LogP contribution is 2.28. The molecule has 1 aromatic carbocycles. The number of nitrogens with one attached hydrogen (secondary N) is 1. The van der Waals surface area contributed by atoms with Gasteiger partial charge in [-0.05, 0) is 24.3 Å². The second-order valence-corrected chi connectivity index (χ2v) is 6.58. The molecule has 2 aliphatic rings. The van der Waals surface area contributed by atoms with Crippen molar-refractivity contribution in [3.05, 3.63) is 24.3 Å². The first kappa shape index (κ1) is 19.3. The van der Waals surface area contributed by atoms with Crippen molar-refractivity contribution < 1.29 is 27.8 Å². The van der Waals surface area contributed by atoms with E-state index in [0.29, 0.717) is 37.7 Å². The van der Waals surface area contributed by atoms with Gasteiger partial charge in [0.2, 0.25) is 0 Å². The lowest BCUT2D eigenvalue weighted by atomic mass is 10.1. The number of nitrogens with zero attached hydrogens (tertiary/aromatic N) is 2. The molecule has 0 bridgehead atoms. The van der Waals surface area contributed by atoms with Crippen LogP contribution in [0.3, 0.4) is 0 Å². The van der Waals surface area contributed by atoms with Gasteiger partial charge in [-0.15, -0.1) is 0 Å². The first-order valence-electron chi connectivity index (χ1n) is 8.95. The molecule has 0 aromatic heterocycles. The highest BCUT2D eigenvalue weighted by Gasteiger charge is 2.35. The molecule has 7 nitrogen and oxygen atoms in total. The molecule has 148 valence electrons. The first-order valence-corrected chi connectivity index (χ1v) is 8.95. The minimum atomic E-state index is -2.69. The van der Waals surface area contributed by atoms with Crippen molar-refractivity contribution in [2.24, 2.45) is 0 Å². The molecule has 2 aliphatic heterocycles. The molecule has 0 aliphatic carbocycles. The summed E-state index contributed by atoms with van der Waals surface area (Å²) < 4.78 is 37.0. The number of amides is 3. The van der Waals surface area contributed by atoms with Crippen molar-refractivity contribution in [2.45, 2.75) is 18.8 Å². The Balaban J connectivity index is 1.44. The maximum atomic E-state index is 13.2. The second-order valence-electron chi connectivity index (χ2n) is 6.58. The monoisotopic (exact) mass is 383 g/mol. The minimum Gasteiger partial charge on any atom is -0.484 e. The largest absolute Gasteiger partial charge is 0.484 e. The van der Waals surface area contributed by atoms with Crippen LogP contribution in [0.5, 0.6) is 5.75 Å². The lowest BCUT2D eigenvalue weighted by Crippen LogP contribution is -2.44. The summed E-state index contributed by atoms with van der Waals surface area (Å²) in [6, 6.07) is 6.18. The van der Waals surface area contributed by atoms with Crippen molar-refractivity contribution in [2.75, 3.05) is 51.3 Å². The molecule has 0 spiro atoms. The van der Waals surface area contributed by atoms with Crippen LogP contribution in [0.1, 0.15) is 12.8 Å². The molecule has 1 aromatic rings. The van der Waals surface area contributed by atoms with Crippen molar-refractivity contribution in [1.29, 1.82) is 0 Å². The lowest BCUT2D eigenvalue weighted by molar-refractivity contribution is -0.137. The van der Waals surface area contributed by atoms with Crippen LogP contribution in [0.2, 0.25) is 0 Å². The highest BCUT2D eigenvalue weighted by molar-refractivity contribution is 5.89. The van der Waals surface area contributed by atoms with Crippen molar-refractivity contribution in [3.63, 3.8) is 0 Å². The van der Waals surface area contributed by atoms with E-state index in [1.54, 1.807) is 29.2 Å². The topological polar surface area (TPSA) is 71.1 Å². The fourth-order valence-electron chi connectivity index (χ4n) is 2.92. The van der Waals surface area contributed by atoms with E-state index in [1.807, 2.05) is 0 Å². The molecule has 2 saturated heterocycles. The van der Waals surface area contributed by atoms with Crippen LogP contribution < -0.4 is 10.1 Å². The zero-order valence-corrected chi connectivity index (χ0v) is 15.0. The Morgan fingerprint density at radius 1 is 1.04 bits per heavy atom. The Labute approximate surface area is 156 Å². The number of hydrogen-bond donors (Lipinski definition) is 1. The molecule has 1 N–H and O–H groups in total. The van der Waals surface area contributed by atoms with E-state index in [2.05, 4.69) is 5.32 Å². The lowest BCUT2D eigenvalue weighted by Gasteiger charge is -2.31. The number of anilines is 1. The van der Waals surface area contributed by atoms with Gasteiger partial charge >= 0.3 is 6.03 Å². The van der Waals surface area contributed by atoms with Crippen LogP contribution in [-0.4, -0.2) is 73.7 Å². The number of hydrogen-bond acceptors (Lipinski definition) is 4.